The number of anilines is 1. The first-order valence-corrected chi connectivity index (χ1v) is 15.9. The zero-order valence-electron chi connectivity index (χ0n) is 25.8. The van der Waals surface area contributed by atoms with Crippen LogP contribution < -0.4 is 5.43 Å². The van der Waals surface area contributed by atoms with Gasteiger partial charge in [-0.25, -0.2) is 0 Å². The van der Waals surface area contributed by atoms with Crippen LogP contribution in [0.1, 0.15) is 54.2 Å². The fourth-order valence-corrected chi connectivity index (χ4v) is 8.36. The van der Waals surface area contributed by atoms with E-state index in [1.165, 1.54) is 4.90 Å². The van der Waals surface area contributed by atoms with Crippen molar-refractivity contribution in [3.05, 3.63) is 101 Å². The fraction of sp³-hybridized carbons (Fsp3) is 0.361. The van der Waals surface area contributed by atoms with Crippen molar-refractivity contribution >= 4 is 35.3 Å². The molecule has 3 heterocycles. The van der Waals surface area contributed by atoms with Crippen molar-refractivity contribution in [1.82, 2.24) is 9.91 Å². The Bertz CT molecular complexity index is 1800. The summed E-state index contributed by atoms with van der Waals surface area (Å²) in [5.74, 6) is -5.68. The Hall–Kier alpha value is -5.03. The molecule has 47 heavy (non-hydrogen) atoms. The summed E-state index contributed by atoms with van der Waals surface area (Å²) in [5.41, 5.74) is 4.54. The maximum absolute atomic E-state index is 15.0. The van der Waals surface area contributed by atoms with Gasteiger partial charge in [-0.05, 0) is 61.9 Å². The predicted octanol–water partition coefficient (Wildman–Crippen LogP) is 3.93. The third-order valence-corrected chi connectivity index (χ3v) is 10.4. The molecule has 2 aliphatic heterocycles. The number of nitrogens with one attached hydrogen (secondary N) is 1. The molecule has 3 N–H and O–H groups in total. The van der Waals surface area contributed by atoms with Crippen molar-refractivity contribution in [1.29, 1.82) is 0 Å². The molecular weight excluding hydrogens is 602 g/mol. The second-order valence-corrected chi connectivity index (χ2v) is 12.9. The van der Waals surface area contributed by atoms with Crippen molar-refractivity contribution < 1.29 is 38.6 Å². The average molecular weight is 638 g/mol. The van der Waals surface area contributed by atoms with Crippen LogP contribution in [0, 0.1) is 30.6 Å². The van der Waals surface area contributed by atoms with E-state index in [1.54, 1.807) is 24.3 Å². The molecule has 7 rings (SSSR count). The van der Waals surface area contributed by atoms with E-state index in [9.17, 15) is 29.1 Å². The molecule has 3 aromatic rings. The number of allylic oxidation sites excluding steroid dienone is 2. The van der Waals surface area contributed by atoms with Crippen molar-refractivity contribution in [2.24, 2.45) is 23.7 Å². The largest absolute Gasteiger partial charge is 0.481 e. The van der Waals surface area contributed by atoms with Crippen LogP contribution in [-0.4, -0.2) is 56.3 Å². The molecular formula is C36H35N3O8. The number of aliphatic hydroxyl groups excluding tert-OH is 1. The van der Waals surface area contributed by atoms with E-state index in [1.807, 2.05) is 55.5 Å². The van der Waals surface area contributed by atoms with Crippen LogP contribution in [0.4, 0.5) is 5.69 Å². The Kier molecular flexibility index (Phi) is 7.59. The van der Waals surface area contributed by atoms with E-state index in [4.69, 9.17) is 9.52 Å². The SMILES string of the molecule is Cc1ccc(NN2C(=O)[C@@H]3C[C@@H]4C(=CC[C@@H]5C(=O)N(CCCC(=O)O)C(=O)[C@@H]54)[C@H](c4ccc(CO)o4)[C@]3(c3ccccc3)C2=O)cc1. The zero-order chi connectivity index (χ0) is 33.0. The van der Waals surface area contributed by atoms with Crippen LogP contribution in [-0.2, 0) is 36.0 Å². The van der Waals surface area contributed by atoms with Gasteiger partial charge < -0.3 is 14.6 Å². The molecule has 1 saturated carbocycles. The van der Waals surface area contributed by atoms with Crippen LogP contribution in [0.15, 0.2) is 82.8 Å². The Morgan fingerprint density at radius 3 is 2.38 bits per heavy atom. The van der Waals surface area contributed by atoms with Gasteiger partial charge in [-0.1, -0.05) is 59.7 Å². The molecule has 4 amide bonds. The summed E-state index contributed by atoms with van der Waals surface area (Å²) >= 11 is 0. The van der Waals surface area contributed by atoms with Gasteiger partial charge in [0.25, 0.3) is 11.8 Å². The molecule has 6 atom stereocenters. The molecule has 11 nitrogen and oxygen atoms in total. The first-order chi connectivity index (χ1) is 22.7. The lowest BCUT2D eigenvalue weighted by Crippen LogP contribution is -2.53. The summed E-state index contributed by atoms with van der Waals surface area (Å²) in [7, 11) is 0. The van der Waals surface area contributed by atoms with Crippen LogP contribution in [0.5, 0.6) is 0 Å². The molecule has 0 radical (unpaired) electrons. The molecule has 0 unspecified atom stereocenters. The number of imide groups is 2. The third kappa shape index (κ3) is 4.71. The first-order valence-electron chi connectivity index (χ1n) is 15.9. The van der Waals surface area contributed by atoms with E-state index in [2.05, 4.69) is 5.43 Å². The lowest BCUT2D eigenvalue weighted by Gasteiger charge is -2.49. The van der Waals surface area contributed by atoms with Gasteiger partial charge in [0.1, 0.15) is 23.5 Å². The van der Waals surface area contributed by atoms with Gasteiger partial charge in [-0.3, -0.25) is 34.3 Å². The van der Waals surface area contributed by atoms with Crippen LogP contribution in [0.3, 0.4) is 0 Å². The highest BCUT2D eigenvalue weighted by atomic mass is 16.4. The maximum Gasteiger partial charge on any atom is 0.303 e. The second kappa shape index (κ2) is 11.6. The first kappa shape index (κ1) is 30.6. The third-order valence-electron chi connectivity index (χ3n) is 10.4. The highest BCUT2D eigenvalue weighted by Crippen LogP contribution is 2.64. The van der Waals surface area contributed by atoms with Gasteiger partial charge in [0.2, 0.25) is 11.8 Å². The number of carbonyl (C=O) groups excluding carboxylic acids is 4. The number of carboxylic acid groups (broad SMARTS) is 1. The number of furan rings is 1. The monoisotopic (exact) mass is 637 g/mol. The summed E-state index contributed by atoms with van der Waals surface area (Å²) < 4.78 is 6.17. The second-order valence-electron chi connectivity index (χ2n) is 12.9. The van der Waals surface area contributed by atoms with Gasteiger partial charge in [0, 0.05) is 13.0 Å². The van der Waals surface area contributed by atoms with Crippen molar-refractivity contribution in [2.45, 2.75) is 50.5 Å². The Morgan fingerprint density at radius 1 is 0.957 bits per heavy atom. The number of aliphatic hydroxyl groups is 1. The lowest BCUT2D eigenvalue weighted by atomic mass is 9.50. The molecule has 2 aromatic carbocycles. The normalized spacial score (nSPS) is 28.2. The number of hydrogen-bond donors (Lipinski definition) is 3. The summed E-state index contributed by atoms with van der Waals surface area (Å²) in [6.45, 7) is 1.58. The van der Waals surface area contributed by atoms with Gasteiger partial charge in [-0.2, -0.15) is 5.01 Å². The minimum absolute atomic E-state index is 0.00351. The summed E-state index contributed by atoms with van der Waals surface area (Å²) in [6.07, 6.45) is 2.30. The van der Waals surface area contributed by atoms with E-state index in [-0.39, 0.29) is 50.6 Å². The number of aryl methyl sites for hydroxylation is 1. The number of rotatable bonds is 9. The number of carboxylic acids is 1. The molecule has 4 aliphatic rings. The fourth-order valence-electron chi connectivity index (χ4n) is 8.36. The minimum Gasteiger partial charge on any atom is -0.481 e. The topological polar surface area (TPSA) is 157 Å². The van der Waals surface area contributed by atoms with Crippen molar-refractivity contribution in [3.63, 3.8) is 0 Å². The van der Waals surface area contributed by atoms with Gasteiger partial charge in [0.15, 0.2) is 0 Å². The average Bonchev–Trinajstić information content (AvgIpc) is 3.71. The molecule has 2 aliphatic carbocycles. The smallest absolute Gasteiger partial charge is 0.303 e. The number of hydrazine groups is 1. The quantitative estimate of drug-likeness (QED) is 0.234. The summed E-state index contributed by atoms with van der Waals surface area (Å²) in [4.78, 5) is 69.4. The molecule has 11 heteroatoms. The standard InChI is InChI=1S/C36H35N3O8/c1-20-9-11-22(12-10-20)37-39-33(44)27-18-26-24(14-15-25-30(26)34(45)38(32(25)43)17-5-8-29(41)42)31(28-16-13-23(19-40)47-28)36(27,35(39)46)21-6-3-2-4-7-21/h2-4,6-7,9-14,16,25-27,30-31,37,40H,5,8,15,17-19H2,1H3,(H,41,42)/t25-,26+,27-,30-,31+,36+/m0/s1. The van der Waals surface area contributed by atoms with E-state index in [0.717, 1.165) is 16.1 Å². The number of nitrogens with zero attached hydrogens (tertiary/aromatic N) is 2. The lowest BCUT2D eigenvalue weighted by molar-refractivity contribution is -0.142. The molecule has 0 bridgehead atoms. The molecule has 1 aromatic heterocycles. The molecule has 2 saturated heterocycles. The molecule has 0 spiro atoms. The number of fused-ring (bicyclic) bond motifs is 4. The highest BCUT2D eigenvalue weighted by molar-refractivity contribution is 6.13. The zero-order valence-corrected chi connectivity index (χ0v) is 25.8. The van der Waals surface area contributed by atoms with Gasteiger partial charge >= 0.3 is 5.97 Å². The van der Waals surface area contributed by atoms with Crippen LogP contribution in [0.25, 0.3) is 0 Å². The minimum atomic E-state index is -1.46. The van der Waals surface area contributed by atoms with Crippen molar-refractivity contribution in [2.75, 3.05) is 12.0 Å². The number of benzene rings is 2. The van der Waals surface area contributed by atoms with E-state index in [0.29, 0.717) is 22.8 Å². The Labute approximate surface area is 270 Å². The summed E-state index contributed by atoms with van der Waals surface area (Å²) in [5, 5.41) is 20.1. The van der Waals surface area contributed by atoms with Gasteiger partial charge in [-0.15, -0.1) is 0 Å². The van der Waals surface area contributed by atoms with Crippen LogP contribution in [0.2, 0.25) is 0 Å². The number of carbonyl (C=O) groups is 5. The van der Waals surface area contributed by atoms with Crippen LogP contribution >= 0.6 is 0 Å². The molecule has 242 valence electrons. The van der Waals surface area contributed by atoms with E-state index >= 15 is 0 Å². The van der Waals surface area contributed by atoms with Crippen molar-refractivity contribution in [3.8, 4) is 0 Å². The Morgan fingerprint density at radius 2 is 1.70 bits per heavy atom. The number of aliphatic carboxylic acids is 1. The Balaban J connectivity index is 1.37. The number of amides is 4. The summed E-state index contributed by atoms with van der Waals surface area (Å²) in [6, 6.07) is 19.8. The number of likely N-dealkylation sites (tertiary alicyclic amines) is 1. The highest BCUT2D eigenvalue weighted by Gasteiger charge is 2.71. The maximum atomic E-state index is 15.0. The van der Waals surface area contributed by atoms with E-state index < -0.39 is 52.8 Å². The number of hydrogen-bond acceptors (Lipinski definition) is 8. The predicted molar refractivity (Wildman–Crippen MR) is 167 cm³/mol. The molecule has 3 fully saturated rings. The van der Waals surface area contributed by atoms with Gasteiger partial charge in [0.05, 0.1) is 29.4 Å².